The summed E-state index contributed by atoms with van der Waals surface area (Å²) in [4.78, 5) is 34.8. The summed E-state index contributed by atoms with van der Waals surface area (Å²) in [7, 11) is 1.60. The lowest BCUT2D eigenvalue weighted by molar-refractivity contribution is -0.137. The van der Waals surface area contributed by atoms with Gasteiger partial charge in [-0.05, 0) is 11.6 Å². The SMILES string of the molecule is CN(Cc1ccccc1Br)C(=O)NCC(=O)NCC(=O)O. The fourth-order valence-electron chi connectivity index (χ4n) is 1.48. The minimum Gasteiger partial charge on any atom is -0.480 e. The Labute approximate surface area is 130 Å². The van der Waals surface area contributed by atoms with Crippen molar-refractivity contribution in [2.75, 3.05) is 20.1 Å². The third-order valence-corrected chi connectivity index (χ3v) is 3.32. The fraction of sp³-hybridized carbons (Fsp3) is 0.308. The van der Waals surface area contributed by atoms with Gasteiger partial charge in [-0.2, -0.15) is 0 Å². The van der Waals surface area contributed by atoms with E-state index in [2.05, 4.69) is 26.6 Å². The van der Waals surface area contributed by atoms with Crippen LogP contribution in [0.1, 0.15) is 5.56 Å². The summed E-state index contributed by atoms with van der Waals surface area (Å²) in [6.45, 7) is -0.363. The van der Waals surface area contributed by atoms with Crippen molar-refractivity contribution in [2.45, 2.75) is 6.54 Å². The van der Waals surface area contributed by atoms with Gasteiger partial charge in [0, 0.05) is 18.1 Å². The first-order valence-corrected chi connectivity index (χ1v) is 6.90. The van der Waals surface area contributed by atoms with Gasteiger partial charge >= 0.3 is 12.0 Å². The Balaban J connectivity index is 2.40. The van der Waals surface area contributed by atoms with E-state index in [9.17, 15) is 14.4 Å². The molecule has 0 atom stereocenters. The minimum absolute atomic E-state index is 0.271. The van der Waals surface area contributed by atoms with E-state index in [1.165, 1.54) is 4.90 Å². The number of halogens is 1. The van der Waals surface area contributed by atoms with E-state index < -0.39 is 24.5 Å². The van der Waals surface area contributed by atoms with Gasteiger partial charge in [0.15, 0.2) is 0 Å². The van der Waals surface area contributed by atoms with Crippen LogP contribution in [0.4, 0.5) is 4.79 Å². The van der Waals surface area contributed by atoms with E-state index in [4.69, 9.17) is 5.11 Å². The first kappa shape index (κ1) is 17.0. The largest absolute Gasteiger partial charge is 0.480 e. The number of amides is 3. The lowest BCUT2D eigenvalue weighted by Crippen LogP contribution is -2.43. The second-order valence-electron chi connectivity index (χ2n) is 4.28. The van der Waals surface area contributed by atoms with Crippen molar-refractivity contribution in [1.82, 2.24) is 15.5 Å². The molecule has 3 amide bonds. The molecule has 0 aliphatic heterocycles. The summed E-state index contributed by atoms with van der Waals surface area (Å²) in [5.41, 5.74) is 0.936. The average molecular weight is 358 g/mol. The second kappa shape index (κ2) is 8.25. The number of carboxylic acids is 1. The van der Waals surface area contributed by atoms with E-state index in [1.54, 1.807) is 7.05 Å². The molecule has 114 valence electrons. The zero-order chi connectivity index (χ0) is 15.8. The molecule has 0 radical (unpaired) electrons. The van der Waals surface area contributed by atoms with Crippen LogP contribution in [0.25, 0.3) is 0 Å². The van der Waals surface area contributed by atoms with Crippen molar-refractivity contribution in [3.8, 4) is 0 Å². The molecule has 1 rings (SSSR count). The van der Waals surface area contributed by atoms with Gasteiger partial charge in [-0.1, -0.05) is 34.1 Å². The molecule has 0 saturated heterocycles. The maximum absolute atomic E-state index is 11.8. The molecule has 0 spiro atoms. The molecular formula is C13H16BrN3O4. The maximum atomic E-state index is 11.8. The number of hydrogen-bond acceptors (Lipinski definition) is 3. The molecule has 0 saturated carbocycles. The highest BCUT2D eigenvalue weighted by Crippen LogP contribution is 2.17. The van der Waals surface area contributed by atoms with Crippen LogP contribution in [0.15, 0.2) is 28.7 Å². The van der Waals surface area contributed by atoms with E-state index in [1.807, 2.05) is 24.3 Å². The third-order valence-electron chi connectivity index (χ3n) is 2.55. The highest BCUT2D eigenvalue weighted by atomic mass is 79.9. The quantitative estimate of drug-likeness (QED) is 0.700. The third kappa shape index (κ3) is 6.26. The predicted molar refractivity (Wildman–Crippen MR) is 79.7 cm³/mol. The standard InChI is InChI=1S/C13H16BrN3O4/c1-17(8-9-4-2-3-5-10(9)14)13(21)16-6-11(18)15-7-12(19)20/h2-5H,6-8H2,1H3,(H,15,18)(H,16,21)(H,19,20). The molecule has 8 heteroatoms. The minimum atomic E-state index is -1.14. The summed E-state index contributed by atoms with van der Waals surface area (Å²) in [6, 6.07) is 7.08. The van der Waals surface area contributed by atoms with Crippen molar-refractivity contribution < 1.29 is 19.5 Å². The number of nitrogens with one attached hydrogen (secondary N) is 2. The van der Waals surface area contributed by atoms with Crippen molar-refractivity contribution in [1.29, 1.82) is 0 Å². The molecule has 7 nitrogen and oxygen atoms in total. The maximum Gasteiger partial charge on any atom is 0.322 e. The number of hydrogen-bond donors (Lipinski definition) is 3. The molecule has 21 heavy (non-hydrogen) atoms. The first-order valence-electron chi connectivity index (χ1n) is 6.11. The van der Waals surface area contributed by atoms with Gasteiger partial charge in [0.2, 0.25) is 5.91 Å². The molecule has 0 aliphatic carbocycles. The Morgan fingerprint density at radius 3 is 2.48 bits per heavy atom. The van der Waals surface area contributed by atoms with Crippen LogP contribution in [-0.2, 0) is 16.1 Å². The van der Waals surface area contributed by atoms with Gasteiger partial charge in [0.05, 0.1) is 6.54 Å². The van der Waals surface area contributed by atoms with Crippen LogP contribution >= 0.6 is 15.9 Å². The molecule has 0 aromatic heterocycles. The Bertz CT molecular complexity index is 536. The van der Waals surface area contributed by atoms with E-state index in [0.717, 1.165) is 10.0 Å². The van der Waals surface area contributed by atoms with Gasteiger partial charge in [-0.25, -0.2) is 4.79 Å². The summed E-state index contributed by atoms with van der Waals surface area (Å²) >= 11 is 3.39. The summed E-state index contributed by atoms with van der Waals surface area (Å²) in [5, 5.41) is 13.0. The topological polar surface area (TPSA) is 98.7 Å². The monoisotopic (exact) mass is 357 g/mol. The molecule has 3 N–H and O–H groups in total. The van der Waals surface area contributed by atoms with Gasteiger partial charge in [0.25, 0.3) is 0 Å². The molecule has 1 aromatic carbocycles. The number of carbonyl (C=O) groups excluding carboxylic acids is 2. The van der Waals surface area contributed by atoms with Crippen LogP contribution in [-0.4, -0.2) is 48.1 Å². The highest BCUT2D eigenvalue weighted by molar-refractivity contribution is 9.10. The smallest absolute Gasteiger partial charge is 0.322 e. The molecule has 0 aliphatic rings. The van der Waals surface area contributed by atoms with Crippen molar-refractivity contribution in [2.24, 2.45) is 0 Å². The molecular weight excluding hydrogens is 342 g/mol. The molecule has 0 heterocycles. The van der Waals surface area contributed by atoms with E-state index in [0.29, 0.717) is 6.54 Å². The lowest BCUT2D eigenvalue weighted by Gasteiger charge is -2.18. The lowest BCUT2D eigenvalue weighted by atomic mass is 10.2. The number of rotatable bonds is 6. The zero-order valence-electron chi connectivity index (χ0n) is 11.4. The number of urea groups is 1. The Morgan fingerprint density at radius 1 is 1.19 bits per heavy atom. The van der Waals surface area contributed by atoms with E-state index in [-0.39, 0.29) is 6.54 Å². The van der Waals surface area contributed by atoms with Crippen LogP contribution < -0.4 is 10.6 Å². The van der Waals surface area contributed by atoms with Crippen molar-refractivity contribution in [3.63, 3.8) is 0 Å². The zero-order valence-corrected chi connectivity index (χ0v) is 13.0. The van der Waals surface area contributed by atoms with Gasteiger partial charge in [-0.15, -0.1) is 0 Å². The molecule has 1 aromatic rings. The van der Waals surface area contributed by atoms with E-state index >= 15 is 0 Å². The number of benzene rings is 1. The summed E-state index contributed by atoms with van der Waals surface area (Å²) < 4.78 is 0.892. The number of nitrogens with zero attached hydrogens (tertiary/aromatic N) is 1. The average Bonchev–Trinajstić information content (AvgIpc) is 2.44. The van der Waals surface area contributed by atoms with Crippen LogP contribution in [0.5, 0.6) is 0 Å². The van der Waals surface area contributed by atoms with Crippen molar-refractivity contribution >= 4 is 33.8 Å². The van der Waals surface area contributed by atoms with Gasteiger partial charge in [-0.3, -0.25) is 9.59 Å². The molecule has 0 unspecified atom stereocenters. The van der Waals surface area contributed by atoms with Crippen LogP contribution in [0.3, 0.4) is 0 Å². The predicted octanol–water partition coefficient (Wildman–Crippen LogP) is 0.791. The van der Waals surface area contributed by atoms with Gasteiger partial charge in [0.1, 0.15) is 6.54 Å². The summed E-state index contributed by atoms with van der Waals surface area (Å²) in [5.74, 6) is -1.69. The summed E-state index contributed by atoms with van der Waals surface area (Å²) in [6.07, 6.45) is 0. The fourth-order valence-corrected chi connectivity index (χ4v) is 1.89. The van der Waals surface area contributed by atoms with Crippen LogP contribution in [0, 0.1) is 0 Å². The van der Waals surface area contributed by atoms with Gasteiger partial charge < -0.3 is 20.6 Å². The number of carboxylic acid groups (broad SMARTS) is 1. The number of carbonyl (C=O) groups is 3. The first-order chi connectivity index (χ1) is 9.90. The number of aliphatic carboxylic acids is 1. The Morgan fingerprint density at radius 2 is 1.86 bits per heavy atom. The second-order valence-corrected chi connectivity index (χ2v) is 5.13. The Hall–Kier alpha value is -2.09. The Kier molecular flexibility index (Phi) is 6.67. The van der Waals surface area contributed by atoms with Crippen molar-refractivity contribution in [3.05, 3.63) is 34.3 Å². The molecule has 0 fully saturated rings. The molecule has 0 bridgehead atoms. The highest BCUT2D eigenvalue weighted by Gasteiger charge is 2.12. The van der Waals surface area contributed by atoms with Crippen LogP contribution in [0.2, 0.25) is 0 Å². The normalized spacial score (nSPS) is 9.81.